The van der Waals surface area contributed by atoms with Crippen molar-refractivity contribution in [3.8, 4) is 22.6 Å². The molecule has 11 nitrogen and oxygen atoms in total. The minimum Gasteiger partial charge on any atom is -0.508 e. The molecule has 7 N–H and O–H groups in total. The number of primary amides is 1. The number of ketones is 2. The second-order valence-electron chi connectivity index (χ2n) is 14.3. The molecule has 1 amide bonds. The lowest BCUT2D eigenvalue weighted by atomic mass is 9.46. The molecule has 11 heteroatoms. The average molecular weight is 648 g/mol. The van der Waals surface area contributed by atoms with Crippen molar-refractivity contribution in [2.24, 2.45) is 22.5 Å². The molecule has 2 aromatic carbocycles. The monoisotopic (exact) mass is 647 g/mol. The van der Waals surface area contributed by atoms with Crippen LogP contribution in [0.25, 0.3) is 16.9 Å². The number of aromatic hydroxyl groups is 1. The fraction of sp³-hybridized carbons (Fsp3) is 0.472. The van der Waals surface area contributed by atoms with E-state index in [4.69, 9.17) is 10.5 Å². The topological polar surface area (TPSA) is 183 Å². The van der Waals surface area contributed by atoms with Gasteiger partial charge in [-0.25, -0.2) is 0 Å². The zero-order chi connectivity index (χ0) is 34.8. The van der Waals surface area contributed by atoms with Crippen LogP contribution in [0.15, 0.2) is 47.2 Å². The Labute approximate surface area is 274 Å². The Balaban J connectivity index is 1.71. The van der Waals surface area contributed by atoms with E-state index in [9.17, 15) is 34.8 Å². The lowest BCUT2D eigenvalue weighted by Gasteiger charge is -2.59. The number of rotatable bonds is 9. The van der Waals surface area contributed by atoms with Crippen LogP contribution >= 0.6 is 0 Å². The number of carbonyl (C=O) groups excluding carboxylic acids is 3. The number of Topliss-reactive ketones (excluding diaryl/α,β-unsaturated/α-hetero) is 2. The smallest absolute Gasteiger partial charge is 0.255 e. The second kappa shape index (κ2) is 11.8. The number of amides is 1. The predicted octanol–water partition coefficient (Wildman–Crippen LogP) is 3.56. The first-order valence-corrected chi connectivity index (χ1v) is 15.8. The molecule has 0 saturated heterocycles. The molecule has 47 heavy (non-hydrogen) atoms. The van der Waals surface area contributed by atoms with E-state index in [0.29, 0.717) is 29.3 Å². The van der Waals surface area contributed by atoms with Gasteiger partial charge in [-0.1, -0.05) is 39.8 Å². The fourth-order valence-corrected chi connectivity index (χ4v) is 8.27. The third-order valence-electron chi connectivity index (χ3n) is 10.3. The summed E-state index contributed by atoms with van der Waals surface area (Å²) in [6.07, 6.45) is 1.10. The molecule has 0 radical (unpaired) electrons. The number of hydrogen-bond acceptors (Lipinski definition) is 10. The number of ether oxygens (including phenoxy) is 1. The van der Waals surface area contributed by atoms with Gasteiger partial charge in [0.1, 0.15) is 28.6 Å². The predicted molar refractivity (Wildman–Crippen MR) is 177 cm³/mol. The summed E-state index contributed by atoms with van der Waals surface area (Å²) in [5.41, 5.74) is 1.78. The van der Waals surface area contributed by atoms with Crippen LogP contribution in [-0.2, 0) is 27.3 Å². The first kappa shape index (κ1) is 34.2. The van der Waals surface area contributed by atoms with E-state index in [1.807, 2.05) is 18.2 Å². The van der Waals surface area contributed by atoms with Crippen molar-refractivity contribution >= 4 is 23.2 Å². The molecule has 1 fully saturated rings. The molecule has 252 valence electrons. The Morgan fingerprint density at radius 1 is 1.11 bits per heavy atom. The zero-order valence-corrected chi connectivity index (χ0v) is 28.0. The number of fused-ring (bicyclic) bond motifs is 3. The summed E-state index contributed by atoms with van der Waals surface area (Å²) < 4.78 is 5.74. The Bertz CT molecular complexity index is 1740. The van der Waals surface area contributed by atoms with E-state index in [1.54, 1.807) is 34.2 Å². The molecule has 0 spiro atoms. The first-order chi connectivity index (χ1) is 21.9. The van der Waals surface area contributed by atoms with E-state index in [-0.39, 0.29) is 29.7 Å². The van der Waals surface area contributed by atoms with Gasteiger partial charge >= 0.3 is 0 Å². The van der Waals surface area contributed by atoms with Gasteiger partial charge < -0.3 is 36.2 Å². The van der Waals surface area contributed by atoms with Crippen molar-refractivity contribution in [2.75, 3.05) is 27.7 Å². The van der Waals surface area contributed by atoms with Crippen LogP contribution in [0.4, 0.5) is 0 Å². The van der Waals surface area contributed by atoms with Crippen LogP contribution in [0.1, 0.15) is 57.2 Å². The van der Waals surface area contributed by atoms with Crippen molar-refractivity contribution in [1.29, 1.82) is 0 Å². The Morgan fingerprint density at radius 2 is 1.79 bits per heavy atom. The van der Waals surface area contributed by atoms with Gasteiger partial charge in [-0.05, 0) is 80.7 Å². The highest BCUT2D eigenvalue weighted by atomic mass is 16.5. The van der Waals surface area contributed by atoms with E-state index < -0.39 is 57.0 Å². The molecule has 0 bridgehead atoms. The number of nitrogens with one attached hydrogen (secondary N) is 1. The molecule has 0 heterocycles. The molecule has 3 aliphatic carbocycles. The molecule has 0 unspecified atom stereocenters. The summed E-state index contributed by atoms with van der Waals surface area (Å²) in [6.45, 7) is 9.09. The van der Waals surface area contributed by atoms with Gasteiger partial charge in [0, 0.05) is 28.5 Å². The molecular formula is C36H45N3O8. The van der Waals surface area contributed by atoms with Gasteiger partial charge in [0.05, 0.1) is 18.7 Å². The average Bonchev–Trinajstić information content (AvgIpc) is 2.96. The minimum atomic E-state index is -2.77. The SMILES string of the molecule is COc1ccc(CNCCC(C)C)cc1-c1ccc(O)c2c1C[C@@]1(C)C[C@@]3(C)[C@H](N(C)C)C(=O)C(C(N)=O)=C(O)[C@@]3(O)C(=O)C1=C2O. The van der Waals surface area contributed by atoms with Gasteiger partial charge in [-0.2, -0.15) is 0 Å². The Hall–Kier alpha value is -4.19. The highest BCUT2D eigenvalue weighted by Gasteiger charge is 2.72. The maximum atomic E-state index is 14.5. The van der Waals surface area contributed by atoms with Crippen LogP contribution in [0.5, 0.6) is 11.5 Å². The quantitative estimate of drug-likeness (QED) is 0.174. The van der Waals surface area contributed by atoms with Gasteiger partial charge in [-0.3, -0.25) is 19.3 Å². The Kier molecular flexibility index (Phi) is 8.58. The van der Waals surface area contributed by atoms with Gasteiger partial charge in [0.25, 0.3) is 5.91 Å². The van der Waals surface area contributed by atoms with E-state index in [0.717, 1.165) is 24.1 Å². The van der Waals surface area contributed by atoms with Gasteiger partial charge in [0.2, 0.25) is 5.78 Å². The molecule has 0 aliphatic heterocycles. The standard InChI is InChI=1S/C36H45N3O8/c1-18(2)12-13-38-16-19-8-11-24(47-7)21(14-19)20-9-10-23(40)25-22(20)15-34(3)17-35(4)30(39(5)6)29(42)26(33(37)45)31(43)36(35,46)32(44)27(34)28(25)41/h8-11,14,18,30,38,40-41,43,46H,12-13,15-17H2,1-7H3,(H2,37,45)/t30-,34+,35+,36-/m1/s1. The minimum absolute atomic E-state index is 0.0210. The summed E-state index contributed by atoms with van der Waals surface area (Å²) >= 11 is 0. The van der Waals surface area contributed by atoms with Crippen molar-refractivity contribution in [3.05, 3.63) is 63.9 Å². The number of carbonyl (C=O) groups is 3. The van der Waals surface area contributed by atoms with Gasteiger partial charge in [0.15, 0.2) is 11.4 Å². The Morgan fingerprint density at radius 3 is 2.38 bits per heavy atom. The third-order valence-corrected chi connectivity index (χ3v) is 10.3. The molecule has 4 atom stereocenters. The summed E-state index contributed by atoms with van der Waals surface area (Å²) in [5.74, 6) is -3.97. The number of hydrogen-bond donors (Lipinski definition) is 6. The van der Waals surface area contributed by atoms with Gasteiger partial charge in [-0.15, -0.1) is 0 Å². The maximum Gasteiger partial charge on any atom is 0.255 e. The highest BCUT2D eigenvalue weighted by Crippen LogP contribution is 2.63. The lowest BCUT2D eigenvalue weighted by molar-refractivity contribution is -0.175. The zero-order valence-electron chi connectivity index (χ0n) is 28.0. The normalized spacial score (nSPS) is 27.2. The maximum absolute atomic E-state index is 14.5. The number of methoxy groups -OCH3 is 1. The number of nitrogens with zero attached hydrogens (tertiary/aromatic N) is 1. The number of benzene rings is 2. The van der Waals surface area contributed by atoms with E-state index in [1.165, 1.54) is 17.9 Å². The first-order valence-electron chi connectivity index (χ1n) is 15.8. The number of aliphatic hydroxyl groups excluding tert-OH is 2. The summed E-state index contributed by atoms with van der Waals surface area (Å²) in [7, 11) is 4.72. The fourth-order valence-electron chi connectivity index (χ4n) is 8.27. The van der Waals surface area contributed by atoms with Crippen LogP contribution < -0.4 is 15.8 Å². The molecule has 0 aromatic heterocycles. The summed E-state index contributed by atoms with van der Waals surface area (Å²) in [5, 5.41) is 49.9. The largest absolute Gasteiger partial charge is 0.508 e. The number of phenolic OH excluding ortho intramolecular Hbond substituents is 1. The number of aliphatic hydroxyl groups is 3. The van der Waals surface area contributed by atoms with Crippen LogP contribution in [0.2, 0.25) is 0 Å². The number of nitrogens with two attached hydrogens (primary N) is 1. The highest BCUT2D eigenvalue weighted by molar-refractivity contribution is 6.25. The van der Waals surface area contributed by atoms with Crippen molar-refractivity contribution in [2.45, 2.75) is 65.1 Å². The van der Waals surface area contributed by atoms with Crippen molar-refractivity contribution in [1.82, 2.24) is 10.2 Å². The van der Waals surface area contributed by atoms with Crippen LogP contribution in [-0.4, -0.2) is 82.2 Å². The van der Waals surface area contributed by atoms with Crippen LogP contribution in [0.3, 0.4) is 0 Å². The lowest BCUT2D eigenvalue weighted by Crippen LogP contribution is -2.72. The molecule has 5 rings (SSSR count). The molecule has 1 saturated carbocycles. The second-order valence-corrected chi connectivity index (χ2v) is 14.3. The molecular weight excluding hydrogens is 602 g/mol. The van der Waals surface area contributed by atoms with E-state index >= 15 is 0 Å². The van der Waals surface area contributed by atoms with Crippen molar-refractivity contribution in [3.63, 3.8) is 0 Å². The number of likely N-dealkylation sites (N-methyl/N-ethyl adjacent to an activating group) is 1. The third kappa shape index (κ3) is 5.03. The molecule has 3 aliphatic rings. The summed E-state index contributed by atoms with van der Waals surface area (Å²) in [6, 6.07) is 7.78. The van der Waals surface area contributed by atoms with Crippen LogP contribution in [0, 0.1) is 16.7 Å². The summed E-state index contributed by atoms with van der Waals surface area (Å²) in [4.78, 5) is 42.1. The number of phenols is 1. The van der Waals surface area contributed by atoms with Crippen molar-refractivity contribution < 1.29 is 39.5 Å². The van der Waals surface area contributed by atoms with E-state index in [2.05, 4.69) is 19.2 Å². The molecule has 2 aromatic rings.